The topological polar surface area (TPSA) is 84.9 Å². The number of thiocarbonyl (C=S) groups is 1. The van der Waals surface area contributed by atoms with Crippen LogP contribution in [-0.2, 0) is 4.74 Å². The minimum atomic E-state index is 0.226. The van der Waals surface area contributed by atoms with E-state index >= 15 is 0 Å². The van der Waals surface area contributed by atoms with Crippen molar-refractivity contribution in [3.8, 4) is 0 Å². The number of aryl methyl sites for hydroxylation is 1. The number of nitrogens with zero attached hydrogens (tertiary/aromatic N) is 4. The summed E-state index contributed by atoms with van der Waals surface area (Å²) < 4.78 is 5.56. The van der Waals surface area contributed by atoms with Crippen LogP contribution < -0.4 is 10.6 Å². The Kier molecular flexibility index (Phi) is 5.89. The number of hydrogen-bond donors (Lipinski definition) is 2. The molecule has 2 aromatic rings. The zero-order valence-electron chi connectivity index (χ0n) is 13.2. The summed E-state index contributed by atoms with van der Waals surface area (Å²) in [6.07, 6.45) is 5.80. The third-order valence-corrected chi connectivity index (χ3v) is 4.37. The average Bonchev–Trinajstić information content (AvgIpc) is 3.07. The molecule has 2 N–H and O–H groups in total. The number of nitrogens with one attached hydrogen (secondary N) is 2. The Morgan fingerprint density at radius 3 is 2.96 bits per heavy atom. The summed E-state index contributed by atoms with van der Waals surface area (Å²) in [7, 11) is 0. The summed E-state index contributed by atoms with van der Waals surface area (Å²) in [6.45, 7) is 3.43. The lowest BCUT2D eigenvalue weighted by Crippen LogP contribution is -2.35. The Morgan fingerprint density at radius 1 is 1.38 bits per heavy atom. The van der Waals surface area contributed by atoms with Crippen LogP contribution in [0, 0.1) is 6.92 Å². The summed E-state index contributed by atoms with van der Waals surface area (Å²) in [5.74, 6) is 0.457. The first-order valence-electron chi connectivity index (χ1n) is 7.66. The Morgan fingerprint density at radius 2 is 2.21 bits per heavy atom. The quantitative estimate of drug-likeness (QED) is 0.472. The van der Waals surface area contributed by atoms with Crippen molar-refractivity contribution < 1.29 is 4.74 Å². The summed E-state index contributed by atoms with van der Waals surface area (Å²) in [5, 5.41) is 8.06. The molecule has 24 heavy (non-hydrogen) atoms. The van der Waals surface area contributed by atoms with Gasteiger partial charge in [0.15, 0.2) is 10.3 Å². The molecule has 1 aliphatic rings. The maximum Gasteiger partial charge on any atom is 0.230 e. The van der Waals surface area contributed by atoms with Crippen LogP contribution in [0.2, 0.25) is 0 Å². The van der Waals surface area contributed by atoms with Gasteiger partial charge in [-0.15, -0.1) is 0 Å². The maximum absolute atomic E-state index is 5.56. The summed E-state index contributed by atoms with van der Waals surface area (Å²) in [5.41, 5.74) is 0.841. The molecule has 0 radical (unpaired) electrons. The Bertz CT molecular complexity index is 694. The first-order chi connectivity index (χ1) is 11.7. The van der Waals surface area contributed by atoms with Crippen LogP contribution >= 0.6 is 24.0 Å². The summed E-state index contributed by atoms with van der Waals surface area (Å²) in [6, 6.07) is 3.66. The molecule has 1 unspecified atom stereocenters. The Balaban J connectivity index is 1.59. The minimum absolute atomic E-state index is 0.226. The van der Waals surface area contributed by atoms with Crippen LogP contribution in [0.25, 0.3) is 0 Å². The van der Waals surface area contributed by atoms with Gasteiger partial charge >= 0.3 is 0 Å². The van der Waals surface area contributed by atoms with Crippen molar-refractivity contribution in [2.75, 3.05) is 18.5 Å². The first-order valence-corrected chi connectivity index (χ1v) is 8.88. The maximum atomic E-state index is 5.56. The van der Waals surface area contributed by atoms with E-state index in [1.54, 1.807) is 18.5 Å². The van der Waals surface area contributed by atoms with Crippen LogP contribution in [0.1, 0.15) is 18.5 Å². The van der Waals surface area contributed by atoms with E-state index in [1.807, 2.05) is 13.0 Å². The number of rotatable bonds is 5. The van der Waals surface area contributed by atoms with Gasteiger partial charge in [-0.3, -0.25) is 0 Å². The van der Waals surface area contributed by atoms with E-state index in [1.165, 1.54) is 11.8 Å². The second kappa shape index (κ2) is 8.32. The van der Waals surface area contributed by atoms with Gasteiger partial charge < -0.3 is 15.4 Å². The molecule has 126 valence electrons. The minimum Gasteiger partial charge on any atom is -0.376 e. The van der Waals surface area contributed by atoms with Gasteiger partial charge in [0.1, 0.15) is 5.03 Å². The molecule has 1 fully saturated rings. The van der Waals surface area contributed by atoms with Crippen molar-refractivity contribution in [2.24, 2.45) is 0 Å². The van der Waals surface area contributed by atoms with E-state index in [-0.39, 0.29) is 6.10 Å². The summed E-state index contributed by atoms with van der Waals surface area (Å²) >= 11 is 6.68. The predicted molar refractivity (Wildman–Crippen MR) is 96.1 cm³/mol. The molecule has 3 rings (SSSR count). The normalized spacial score (nSPS) is 16.8. The highest BCUT2D eigenvalue weighted by Gasteiger charge is 2.15. The molecule has 1 saturated heterocycles. The van der Waals surface area contributed by atoms with E-state index in [9.17, 15) is 0 Å². The molecule has 3 heterocycles. The fourth-order valence-electron chi connectivity index (χ4n) is 2.24. The lowest BCUT2D eigenvalue weighted by Gasteiger charge is -2.13. The number of hydrogen-bond acceptors (Lipinski definition) is 7. The largest absolute Gasteiger partial charge is 0.376 e. The highest BCUT2D eigenvalue weighted by atomic mass is 32.2. The van der Waals surface area contributed by atoms with Gasteiger partial charge in [-0.25, -0.2) is 19.9 Å². The third-order valence-electron chi connectivity index (χ3n) is 3.31. The Labute approximate surface area is 150 Å². The van der Waals surface area contributed by atoms with E-state index in [4.69, 9.17) is 17.0 Å². The van der Waals surface area contributed by atoms with E-state index in [0.717, 1.165) is 30.2 Å². The molecular formula is C15H18N6OS2. The molecule has 0 amide bonds. The molecule has 0 spiro atoms. The smallest absolute Gasteiger partial charge is 0.230 e. The highest BCUT2D eigenvalue weighted by Crippen LogP contribution is 2.23. The molecule has 1 aliphatic heterocycles. The van der Waals surface area contributed by atoms with E-state index in [2.05, 4.69) is 30.6 Å². The summed E-state index contributed by atoms with van der Waals surface area (Å²) in [4.78, 5) is 17.2. The van der Waals surface area contributed by atoms with E-state index in [0.29, 0.717) is 22.8 Å². The van der Waals surface area contributed by atoms with E-state index < -0.39 is 0 Å². The third kappa shape index (κ3) is 5.08. The molecule has 0 bridgehead atoms. The molecule has 0 aromatic carbocycles. The van der Waals surface area contributed by atoms with Gasteiger partial charge in [0.2, 0.25) is 5.95 Å². The first kappa shape index (κ1) is 17.0. The molecule has 9 heteroatoms. The van der Waals surface area contributed by atoms with Crippen LogP contribution in [-0.4, -0.2) is 44.3 Å². The van der Waals surface area contributed by atoms with Gasteiger partial charge in [0.25, 0.3) is 0 Å². The van der Waals surface area contributed by atoms with Crippen LogP contribution in [0.5, 0.6) is 0 Å². The average molecular weight is 362 g/mol. The van der Waals surface area contributed by atoms with Crippen molar-refractivity contribution in [3.63, 3.8) is 0 Å². The molecule has 2 aromatic heterocycles. The van der Waals surface area contributed by atoms with Gasteiger partial charge in [-0.2, -0.15) is 0 Å². The second-order valence-electron chi connectivity index (χ2n) is 5.27. The molecule has 1 atom stereocenters. The molecular weight excluding hydrogens is 344 g/mol. The number of anilines is 1. The van der Waals surface area contributed by atoms with Crippen LogP contribution in [0.3, 0.4) is 0 Å². The van der Waals surface area contributed by atoms with Gasteiger partial charge in [0.05, 0.1) is 6.10 Å². The second-order valence-corrected chi connectivity index (χ2v) is 6.67. The zero-order valence-corrected chi connectivity index (χ0v) is 14.9. The van der Waals surface area contributed by atoms with Gasteiger partial charge in [0, 0.05) is 31.2 Å². The fraction of sp³-hybridized carbons (Fsp3) is 0.400. The van der Waals surface area contributed by atoms with Gasteiger partial charge in [-0.05, 0) is 55.9 Å². The Hall–Kier alpha value is -1.84. The molecule has 0 aliphatic carbocycles. The highest BCUT2D eigenvalue weighted by molar-refractivity contribution is 7.99. The monoisotopic (exact) mass is 362 g/mol. The lowest BCUT2D eigenvalue weighted by molar-refractivity contribution is 0.114. The van der Waals surface area contributed by atoms with Crippen LogP contribution in [0.15, 0.2) is 34.7 Å². The number of aromatic nitrogens is 4. The predicted octanol–water partition coefficient (Wildman–Crippen LogP) is 2.19. The van der Waals surface area contributed by atoms with Crippen molar-refractivity contribution in [1.29, 1.82) is 0 Å². The fourth-order valence-corrected chi connectivity index (χ4v) is 3.19. The van der Waals surface area contributed by atoms with Gasteiger partial charge in [-0.1, -0.05) is 0 Å². The lowest BCUT2D eigenvalue weighted by atomic mass is 10.2. The molecule has 0 saturated carbocycles. The van der Waals surface area contributed by atoms with Crippen molar-refractivity contribution in [1.82, 2.24) is 25.3 Å². The van der Waals surface area contributed by atoms with Crippen LogP contribution in [0.4, 0.5) is 5.95 Å². The van der Waals surface area contributed by atoms with Crippen molar-refractivity contribution in [3.05, 3.63) is 30.2 Å². The van der Waals surface area contributed by atoms with Crippen molar-refractivity contribution >= 4 is 35.0 Å². The number of ether oxygens (including phenoxy) is 1. The van der Waals surface area contributed by atoms with Crippen molar-refractivity contribution in [2.45, 2.75) is 36.1 Å². The zero-order chi connectivity index (χ0) is 16.8. The SMILES string of the molecule is Cc1cc(Sc2ncccn2)nc(NC(=S)NCC2CCCO2)n1. The molecule has 7 nitrogen and oxygen atoms in total. The standard InChI is InChI=1S/C15H18N6OS2/c1-10-8-12(24-15-16-5-3-6-17-15)20-13(19-10)21-14(23)18-9-11-4-2-7-22-11/h3,5-6,8,11H,2,4,7,9H2,1H3,(H2,18,19,20,21,23).